The van der Waals surface area contributed by atoms with Crippen LogP contribution in [0.3, 0.4) is 0 Å². The van der Waals surface area contributed by atoms with E-state index in [-0.39, 0.29) is 24.3 Å². The van der Waals surface area contributed by atoms with E-state index in [2.05, 4.69) is 33.0 Å². The van der Waals surface area contributed by atoms with Gasteiger partial charge in [-0.2, -0.15) is 5.10 Å². The van der Waals surface area contributed by atoms with Crippen LogP contribution in [0.25, 0.3) is 0 Å². The number of benzene rings is 2. The van der Waals surface area contributed by atoms with Gasteiger partial charge in [0.25, 0.3) is 5.91 Å². The van der Waals surface area contributed by atoms with E-state index in [1.807, 2.05) is 30.3 Å². The maximum absolute atomic E-state index is 12.2. The van der Waals surface area contributed by atoms with Gasteiger partial charge in [-0.3, -0.25) is 14.7 Å². The third-order valence-corrected chi connectivity index (χ3v) is 4.33. The first-order chi connectivity index (χ1) is 13.6. The van der Waals surface area contributed by atoms with Crippen LogP contribution in [-0.2, 0) is 17.6 Å². The number of amides is 2. The SMILES string of the molecule is CC(CC(=O)Nc1cc(CCc2ccccc2)[nH]n1)NC(=O)c1ccccc1. The molecule has 0 radical (unpaired) electrons. The number of aryl methyl sites for hydroxylation is 2. The summed E-state index contributed by atoms with van der Waals surface area (Å²) in [6, 6.07) is 20.7. The fourth-order valence-corrected chi connectivity index (χ4v) is 2.90. The normalized spacial score (nSPS) is 11.6. The van der Waals surface area contributed by atoms with Gasteiger partial charge >= 0.3 is 0 Å². The number of hydrogen-bond donors (Lipinski definition) is 3. The van der Waals surface area contributed by atoms with Crippen molar-refractivity contribution < 1.29 is 9.59 Å². The average molecular weight is 376 g/mol. The summed E-state index contributed by atoms with van der Waals surface area (Å²) in [5, 5.41) is 12.7. The van der Waals surface area contributed by atoms with Crippen LogP contribution in [-0.4, -0.2) is 28.1 Å². The van der Waals surface area contributed by atoms with Crippen LogP contribution < -0.4 is 10.6 Å². The summed E-state index contributed by atoms with van der Waals surface area (Å²) in [4.78, 5) is 24.3. The molecule has 1 unspecified atom stereocenters. The molecular formula is C22H24N4O2. The zero-order chi connectivity index (χ0) is 19.8. The van der Waals surface area contributed by atoms with Gasteiger partial charge in [0.15, 0.2) is 5.82 Å². The van der Waals surface area contributed by atoms with Gasteiger partial charge in [-0.05, 0) is 37.5 Å². The average Bonchev–Trinajstić information content (AvgIpc) is 3.14. The summed E-state index contributed by atoms with van der Waals surface area (Å²) in [5.74, 6) is 0.112. The van der Waals surface area contributed by atoms with Gasteiger partial charge in [0.05, 0.1) is 0 Å². The number of aromatic nitrogens is 2. The minimum absolute atomic E-state index is 0.171. The Balaban J connectivity index is 1.44. The van der Waals surface area contributed by atoms with E-state index in [1.165, 1.54) is 5.56 Å². The number of anilines is 1. The van der Waals surface area contributed by atoms with E-state index >= 15 is 0 Å². The van der Waals surface area contributed by atoms with Crippen molar-refractivity contribution in [2.24, 2.45) is 0 Å². The Morgan fingerprint density at radius 2 is 1.68 bits per heavy atom. The van der Waals surface area contributed by atoms with E-state index in [0.29, 0.717) is 11.4 Å². The summed E-state index contributed by atoms with van der Waals surface area (Å²) >= 11 is 0. The molecule has 1 heterocycles. The first-order valence-corrected chi connectivity index (χ1v) is 9.34. The van der Waals surface area contributed by atoms with Crippen LogP contribution in [0.4, 0.5) is 5.82 Å². The van der Waals surface area contributed by atoms with Crippen molar-refractivity contribution in [1.82, 2.24) is 15.5 Å². The maximum atomic E-state index is 12.2. The van der Waals surface area contributed by atoms with E-state index in [9.17, 15) is 9.59 Å². The molecule has 2 amide bonds. The van der Waals surface area contributed by atoms with Crippen LogP contribution in [0.2, 0.25) is 0 Å². The first kappa shape index (κ1) is 19.4. The van der Waals surface area contributed by atoms with Crippen LogP contribution in [0, 0.1) is 0 Å². The lowest BCUT2D eigenvalue weighted by Crippen LogP contribution is -2.35. The number of carbonyl (C=O) groups is 2. The molecule has 0 aliphatic carbocycles. The van der Waals surface area contributed by atoms with Crippen molar-refractivity contribution in [2.45, 2.75) is 32.2 Å². The van der Waals surface area contributed by atoms with Crippen molar-refractivity contribution in [2.75, 3.05) is 5.32 Å². The van der Waals surface area contributed by atoms with Gasteiger partial charge in [0.2, 0.25) is 5.91 Å². The van der Waals surface area contributed by atoms with Crippen LogP contribution in [0.15, 0.2) is 66.7 Å². The topological polar surface area (TPSA) is 86.9 Å². The molecule has 2 aromatic carbocycles. The molecule has 3 rings (SSSR count). The van der Waals surface area contributed by atoms with Crippen LogP contribution in [0.1, 0.15) is 35.0 Å². The predicted molar refractivity (Wildman–Crippen MR) is 109 cm³/mol. The van der Waals surface area contributed by atoms with E-state index < -0.39 is 0 Å². The van der Waals surface area contributed by atoms with Crippen LogP contribution in [0.5, 0.6) is 0 Å². The Bertz CT molecular complexity index is 907. The third-order valence-electron chi connectivity index (χ3n) is 4.33. The highest BCUT2D eigenvalue weighted by Gasteiger charge is 2.14. The lowest BCUT2D eigenvalue weighted by atomic mass is 10.1. The zero-order valence-corrected chi connectivity index (χ0v) is 15.8. The molecule has 0 spiro atoms. The lowest BCUT2D eigenvalue weighted by molar-refractivity contribution is -0.116. The monoisotopic (exact) mass is 376 g/mol. The fraction of sp³-hybridized carbons (Fsp3) is 0.227. The molecule has 0 saturated heterocycles. The quantitative estimate of drug-likeness (QED) is 0.563. The van der Waals surface area contributed by atoms with Gasteiger partial charge in [0, 0.05) is 29.8 Å². The number of aromatic amines is 1. The third kappa shape index (κ3) is 5.81. The number of H-pyrrole nitrogens is 1. The van der Waals surface area contributed by atoms with Crippen molar-refractivity contribution in [3.8, 4) is 0 Å². The highest BCUT2D eigenvalue weighted by molar-refractivity contribution is 5.95. The van der Waals surface area contributed by atoms with Crippen molar-refractivity contribution in [3.63, 3.8) is 0 Å². The molecule has 0 saturated carbocycles. The molecule has 1 atom stereocenters. The summed E-state index contributed by atoms with van der Waals surface area (Å²) in [5.41, 5.74) is 2.79. The minimum Gasteiger partial charge on any atom is -0.349 e. The molecule has 0 fully saturated rings. The predicted octanol–water partition coefficient (Wildman–Crippen LogP) is 3.34. The molecule has 6 heteroatoms. The molecule has 1 aromatic heterocycles. The van der Waals surface area contributed by atoms with E-state index in [1.54, 1.807) is 31.2 Å². The minimum atomic E-state index is -0.288. The number of rotatable bonds is 8. The second kappa shape index (κ2) is 9.50. The van der Waals surface area contributed by atoms with Gasteiger partial charge in [0.1, 0.15) is 0 Å². The molecule has 0 bridgehead atoms. The maximum Gasteiger partial charge on any atom is 0.251 e. The number of nitrogens with zero attached hydrogens (tertiary/aromatic N) is 1. The Kier molecular flexibility index (Phi) is 6.57. The summed E-state index contributed by atoms with van der Waals surface area (Å²) < 4.78 is 0. The Hall–Kier alpha value is -3.41. The van der Waals surface area contributed by atoms with Gasteiger partial charge < -0.3 is 10.6 Å². The van der Waals surface area contributed by atoms with Gasteiger partial charge in [-0.1, -0.05) is 48.5 Å². The Morgan fingerprint density at radius 3 is 2.39 bits per heavy atom. The van der Waals surface area contributed by atoms with Crippen molar-refractivity contribution >= 4 is 17.6 Å². The zero-order valence-electron chi connectivity index (χ0n) is 15.8. The Morgan fingerprint density at radius 1 is 1.00 bits per heavy atom. The lowest BCUT2D eigenvalue weighted by Gasteiger charge is -2.13. The molecule has 144 valence electrons. The van der Waals surface area contributed by atoms with Gasteiger partial charge in [-0.15, -0.1) is 0 Å². The van der Waals surface area contributed by atoms with E-state index in [0.717, 1.165) is 18.5 Å². The van der Waals surface area contributed by atoms with Crippen molar-refractivity contribution in [3.05, 3.63) is 83.6 Å². The van der Waals surface area contributed by atoms with Crippen LogP contribution >= 0.6 is 0 Å². The number of hydrogen-bond acceptors (Lipinski definition) is 3. The molecule has 0 aliphatic rings. The highest BCUT2D eigenvalue weighted by Crippen LogP contribution is 2.10. The van der Waals surface area contributed by atoms with E-state index in [4.69, 9.17) is 0 Å². The molecule has 3 aromatic rings. The first-order valence-electron chi connectivity index (χ1n) is 9.34. The second-order valence-electron chi connectivity index (χ2n) is 6.76. The number of carbonyl (C=O) groups excluding carboxylic acids is 2. The standard InChI is InChI=1S/C22H24N4O2/c1-16(23-22(28)18-10-6-3-7-11-18)14-21(27)24-20-15-19(25-26-20)13-12-17-8-4-2-5-9-17/h2-11,15-16H,12-14H2,1H3,(H,23,28)(H2,24,25,26,27). The fourth-order valence-electron chi connectivity index (χ4n) is 2.90. The molecule has 28 heavy (non-hydrogen) atoms. The smallest absolute Gasteiger partial charge is 0.251 e. The highest BCUT2D eigenvalue weighted by atomic mass is 16.2. The van der Waals surface area contributed by atoms with Gasteiger partial charge in [-0.25, -0.2) is 0 Å². The second-order valence-corrected chi connectivity index (χ2v) is 6.76. The molecule has 3 N–H and O–H groups in total. The Labute approximate surface area is 164 Å². The summed E-state index contributed by atoms with van der Waals surface area (Å²) in [6.07, 6.45) is 1.89. The molecule has 0 aliphatic heterocycles. The number of nitrogens with one attached hydrogen (secondary N) is 3. The largest absolute Gasteiger partial charge is 0.349 e. The molecule has 6 nitrogen and oxygen atoms in total. The summed E-state index contributed by atoms with van der Waals surface area (Å²) in [6.45, 7) is 1.80. The summed E-state index contributed by atoms with van der Waals surface area (Å²) in [7, 11) is 0. The molecular weight excluding hydrogens is 352 g/mol. The van der Waals surface area contributed by atoms with Crippen molar-refractivity contribution in [1.29, 1.82) is 0 Å².